The van der Waals surface area contributed by atoms with Gasteiger partial charge < -0.3 is 4.18 Å². The molecule has 102 valence electrons. The highest BCUT2D eigenvalue weighted by molar-refractivity contribution is 7.87. The van der Waals surface area contributed by atoms with Crippen LogP contribution in [-0.4, -0.2) is 13.7 Å². The van der Waals surface area contributed by atoms with Crippen molar-refractivity contribution in [3.05, 3.63) is 29.8 Å². The lowest BCUT2D eigenvalue weighted by Gasteiger charge is -2.15. The van der Waals surface area contributed by atoms with E-state index >= 15 is 0 Å². The van der Waals surface area contributed by atoms with Crippen LogP contribution in [-0.2, 0) is 16.3 Å². The van der Waals surface area contributed by atoms with Gasteiger partial charge in [0.2, 0.25) is 0 Å². The number of rotatable bonds is 4. The standard InChI is InChI=1S/C11H13F3O3S/c1-3-8(2)18(15,16)17-10-7-5-4-6-9(10)11(12,13)14/h4-8H,3H2,1-2H3. The van der Waals surface area contributed by atoms with Crippen molar-refractivity contribution in [3.63, 3.8) is 0 Å². The van der Waals surface area contributed by atoms with E-state index in [1.165, 1.54) is 19.1 Å². The van der Waals surface area contributed by atoms with E-state index in [0.717, 1.165) is 12.1 Å². The van der Waals surface area contributed by atoms with Crippen LogP contribution in [0.2, 0.25) is 0 Å². The molecule has 0 aliphatic heterocycles. The quantitative estimate of drug-likeness (QED) is 0.796. The molecule has 0 heterocycles. The molecule has 1 rings (SSSR count). The maximum atomic E-state index is 12.6. The molecule has 0 aromatic heterocycles. The molecule has 1 unspecified atom stereocenters. The lowest BCUT2D eigenvalue weighted by atomic mass is 10.2. The summed E-state index contributed by atoms with van der Waals surface area (Å²) in [6, 6.07) is 4.23. The van der Waals surface area contributed by atoms with Crippen molar-refractivity contribution in [2.75, 3.05) is 0 Å². The van der Waals surface area contributed by atoms with E-state index in [2.05, 4.69) is 4.18 Å². The lowest BCUT2D eigenvalue weighted by Crippen LogP contribution is -2.23. The maximum Gasteiger partial charge on any atom is 0.420 e. The largest absolute Gasteiger partial charge is 0.420 e. The summed E-state index contributed by atoms with van der Waals surface area (Å²) >= 11 is 0. The summed E-state index contributed by atoms with van der Waals surface area (Å²) in [5, 5.41) is -0.862. The van der Waals surface area contributed by atoms with Crippen LogP contribution in [0.4, 0.5) is 13.2 Å². The zero-order valence-electron chi connectivity index (χ0n) is 9.86. The van der Waals surface area contributed by atoms with Crippen molar-refractivity contribution in [2.45, 2.75) is 31.7 Å². The molecule has 0 aliphatic carbocycles. The predicted octanol–water partition coefficient (Wildman–Crippen LogP) is 3.21. The summed E-state index contributed by atoms with van der Waals surface area (Å²) in [4.78, 5) is 0. The monoisotopic (exact) mass is 282 g/mol. The molecule has 0 bridgehead atoms. The minimum atomic E-state index is -4.65. The molecule has 1 atom stereocenters. The molecular formula is C11H13F3O3S. The third-order valence-corrected chi connectivity index (χ3v) is 4.20. The molecule has 7 heteroatoms. The SMILES string of the molecule is CCC(C)S(=O)(=O)Oc1ccccc1C(F)(F)F. The Morgan fingerprint density at radius 3 is 2.33 bits per heavy atom. The van der Waals surface area contributed by atoms with Crippen molar-refractivity contribution < 1.29 is 25.8 Å². The second kappa shape index (κ2) is 5.17. The number of para-hydroxylation sites is 1. The van der Waals surface area contributed by atoms with Crippen LogP contribution in [0.25, 0.3) is 0 Å². The van der Waals surface area contributed by atoms with Crippen molar-refractivity contribution >= 4 is 10.1 Å². The van der Waals surface area contributed by atoms with E-state index in [1.807, 2.05) is 0 Å². The Kier molecular flexibility index (Phi) is 4.26. The Bertz CT molecular complexity index is 509. The molecule has 0 spiro atoms. The van der Waals surface area contributed by atoms with E-state index < -0.39 is 32.9 Å². The smallest absolute Gasteiger partial charge is 0.382 e. The molecule has 0 N–H and O–H groups in total. The van der Waals surface area contributed by atoms with E-state index in [-0.39, 0.29) is 6.42 Å². The molecule has 3 nitrogen and oxygen atoms in total. The second-order valence-electron chi connectivity index (χ2n) is 3.79. The molecule has 0 radical (unpaired) electrons. The first-order valence-electron chi connectivity index (χ1n) is 5.28. The van der Waals surface area contributed by atoms with Gasteiger partial charge in [-0.2, -0.15) is 21.6 Å². The average Bonchev–Trinajstić information content (AvgIpc) is 2.26. The maximum absolute atomic E-state index is 12.6. The van der Waals surface area contributed by atoms with Crippen LogP contribution in [0.3, 0.4) is 0 Å². The van der Waals surface area contributed by atoms with E-state index in [1.54, 1.807) is 6.92 Å². The van der Waals surface area contributed by atoms with Crippen LogP contribution >= 0.6 is 0 Å². The second-order valence-corrected chi connectivity index (χ2v) is 5.75. The predicted molar refractivity (Wildman–Crippen MR) is 60.7 cm³/mol. The average molecular weight is 282 g/mol. The number of hydrogen-bond donors (Lipinski definition) is 0. The van der Waals surface area contributed by atoms with Crippen molar-refractivity contribution in [3.8, 4) is 5.75 Å². The van der Waals surface area contributed by atoms with Crippen LogP contribution in [0.5, 0.6) is 5.75 Å². The summed E-state index contributed by atoms with van der Waals surface area (Å²) in [7, 11) is -4.05. The Balaban J connectivity index is 3.14. The van der Waals surface area contributed by atoms with Gasteiger partial charge in [-0.3, -0.25) is 0 Å². The summed E-state index contributed by atoms with van der Waals surface area (Å²) in [5.41, 5.74) is -1.10. The fraction of sp³-hybridized carbons (Fsp3) is 0.455. The molecular weight excluding hydrogens is 269 g/mol. The molecule has 18 heavy (non-hydrogen) atoms. The first-order chi connectivity index (χ1) is 8.18. The summed E-state index contributed by atoms with van der Waals surface area (Å²) in [5.74, 6) is -0.690. The molecule has 1 aromatic carbocycles. The topological polar surface area (TPSA) is 43.4 Å². The van der Waals surface area contributed by atoms with Gasteiger partial charge in [0.1, 0.15) is 0 Å². The highest BCUT2D eigenvalue weighted by Crippen LogP contribution is 2.36. The normalized spacial score (nSPS) is 14.3. The van der Waals surface area contributed by atoms with Crippen molar-refractivity contribution in [1.29, 1.82) is 0 Å². The van der Waals surface area contributed by atoms with Gasteiger partial charge in [0.05, 0.1) is 10.8 Å². The molecule has 1 aromatic rings. The minimum Gasteiger partial charge on any atom is -0.382 e. The van der Waals surface area contributed by atoms with Gasteiger partial charge in [0, 0.05) is 0 Å². The fourth-order valence-corrected chi connectivity index (χ4v) is 2.15. The van der Waals surface area contributed by atoms with E-state index in [4.69, 9.17) is 0 Å². The first-order valence-corrected chi connectivity index (χ1v) is 6.75. The fourth-order valence-electron chi connectivity index (χ4n) is 1.18. The molecule has 0 saturated heterocycles. The molecule has 0 aliphatic rings. The van der Waals surface area contributed by atoms with Gasteiger partial charge in [0.15, 0.2) is 5.75 Å². The first kappa shape index (κ1) is 14.8. The lowest BCUT2D eigenvalue weighted by molar-refractivity contribution is -0.138. The number of hydrogen-bond acceptors (Lipinski definition) is 3. The minimum absolute atomic E-state index is 0.260. The van der Waals surface area contributed by atoms with Crippen LogP contribution < -0.4 is 4.18 Å². The number of alkyl halides is 3. The van der Waals surface area contributed by atoms with Crippen LogP contribution in [0.15, 0.2) is 24.3 Å². The third-order valence-electron chi connectivity index (χ3n) is 2.47. The summed E-state index contributed by atoms with van der Waals surface area (Å²) in [6.07, 6.45) is -4.39. The van der Waals surface area contributed by atoms with Gasteiger partial charge >= 0.3 is 16.3 Å². The van der Waals surface area contributed by atoms with Gasteiger partial charge in [-0.25, -0.2) is 0 Å². The Labute approximate surface area is 104 Å². The Morgan fingerprint density at radius 2 is 1.83 bits per heavy atom. The Morgan fingerprint density at radius 1 is 1.28 bits per heavy atom. The summed E-state index contributed by atoms with van der Waals surface area (Å²) < 4.78 is 65.7. The van der Waals surface area contributed by atoms with Crippen LogP contribution in [0.1, 0.15) is 25.8 Å². The zero-order chi connectivity index (χ0) is 14.0. The summed E-state index contributed by atoms with van der Waals surface area (Å²) in [6.45, 7) is 2.99. The van der Waals surface area contributed by atoms with Crippen molar-refractivity contribution in [2.24, 2.45) is 0 Å². The van der Waals surface area contributed by atoms with Gasteiger partial charge in [-0.05, 0) is 25.5 Å². The van der Waals surface area contributed by atoms with E-state index in [9.17, 15) is 21.6 Å². The van der Waals surface area contributed by atoms with Crippen LogP contribution in [0, 0.1) is 0 Å². The highest BCUT2D eigenvalue weighted by atomic mass is 32.2. The Hall–Kier alpha value is -1.24. The van der Waals surface area contributed by atoms with Gasteiger partial charge in [-0.1, -0.05) is 19.1 Å². The number of benzene rings is 1. The highest BCUT2D eigenvalue weighted by Gasteiger charge is 2.35. The van der Waals surface area contributed by atoms with Gasteiger partial charge in [0.25, 0.3) is 0 Å². The third kappa shape index (κ3) is 3.38. The zero-order valence-corrected chi connectivity index (χ0v) is 10.7. The van der Waals surface area contributed by atoms with Gasteiger partial charge in [-0.15, -0.1) is 0 Å². The molecule has 0 amide bonds. The van der Waals surface area contributed by atoms with E-state index in [0.29, 0.717) is 0 Å². The van der Waals surface area contributed by atoms with Crippen molar-refractivity contribution in [1.82, 2.24) is 0 Å². The molecule has 0 saturated carbocycles. The number of halogens is 3. The molecule has 0 fully saturated rings.